The van der Waals surface area contributed by atoms with Gasteiger partial charge < -0.3 is 16.0 Å². The Hall–Kier alpha value is -4.84. The lowest BCUT2D eigenvalue weighted by molar-refractivity contribution is -0.118. The molecule has 1 fully saturated rings. The fourth-order valence-corrected chi connectivity index (χ4v) is 4.33. The van der Waals surface area contributed by atoms with E-state index in [-0.39, 0.29) is 11.8 Å². The molecule has 3 heterocycles. The Balaban J connectivity index is 1.27. The molecule has 5 rings (SSSR count). The van der Waals surface area contributed by atoms with Gasteiger partial charge in [-0.2, -0.15) is 4.98 Å². The molecule has 1 aliphatic rings. The molecule has 1 aliphatic carbocycles. The van der Waals surface area contributed by atoms with Crippen LogP contribution in [-0.4, -0.2) is 36.9 Å². The minimum Gasteiger partial charge on any atom is -0.367 e. The number of nitrogens with zero attached hydrogens (tertiary/aromatic N) is 5. The molecule has 3 N–H and O–H groups in total. The van der Waals surface area contributed by atoms with Gasteiger partial charge in [0, 0.05) is 35.6 Å². The summed E-state index contributed by atoms with van der Waals surface area (Å²) < 4.78 is 0. The third kappa shape index (κ3) is 7.17. The van der Waals surface area contributed by atoms with Crippen molar-refractivity contribution in [3.63, 3.8) is 0 Å². The maximum absolute atomic E-state index is 11.8. The molecular formula is C31H32N8O. The van der Waals surface area contributed by atoms with Crippen LogP contribution >= 0.6 is 0 Å². The van der Waals surface area contributed by atoms with Crippen LogP contribution < -0.4 is 16.0 Å². The molecule has 0 spiro atoms. The molecule has 0 atom stereocenters. The summed E-state index contributed by atoms with van der Waals surface area (Å²) in [5, 5.41) is 9.67. The Labute approximate surface area is 234 Å². The highest BCUT2D eigenvalue weighted by Crippen LogP contribution is 2.29. The maximum atomic E-state index is 11.8. The lowest BCUT2D eigenvalue weighted by Crippen LogP contribution is -2.23. The van der Waals surface area contributed by atoms with Crippen molar-refractivity contribution in [2.45, 2.75) is 52.0 Å². The van der Waals surface area contributed by atoms with Crippen LogP contribution in [0, 0.1) is 17.8 Å². The molecule has 0 bridgehead atoms. The number of carbonyl (C=O) groups is 1. The van der Waals surface area contributed by atoms with E-state index in [0.717, 1.165) is 41.2 Å². The Morgan fingerprint density at radius 3 is 2.42 bits per heavy atom. The van der Waals surface area contributed by atoms with Crippen molar-refractivity contribution in [3.05, 3.63) is 78.5 Å². The molecular weight excluding hydrogens is 500 g/mol. The van der Waals surface area contributed by atoms with Crippen LogP contribution in [0.4, 0.5) is 23.3 Å². The van der Waals surface area contributed by atoms with Crippen molar-refractivity contribution in [2.75, 3.05) is 16.0 Å². The van der Waals surface area contributed by atoms with Gasteiger partial charge in [0.15, 0.2) is 5.82 Å². The molecule has 0 aliphatic heterocycles. The van der Waals surface area contributed by atoms with Gasteiger partial charge >= 0.3 is 0 Å². The van der Waals surface area contributed by atoms with E-state index < -0.39 is 0 Å². The van der Waals surface area contributed by atoms with Crippen LogP contribution in [0.1, 0.15) is 57.2 Å². The zero-order valence-electron chi connectivity index (χ0n) is 22.7. The average Bonchev–Trinajstić information content (AvgIpc) is 2.99. The van der Waals surface area contributed by atoms with Crippen molar-refractivity contribution < 1.29 is 4.79 Å². The van der Waals surface area contributed by atoms with Gasteiger partial charge in [-0.15, -0.1) is 0 Å². The molecule has 1 amide bonds. The number of hydrogen-bond acceptors (Lipinski definition) is 8. The summed E-state index contributed by atoms with van der Waals surface area (Å²) in [6.07, 6.45) is 12.7. The number of anilines is 4. The number of pyridine rings is 1. The highest BCUT2D eigenvalue weighted by Gasteiger charge is 2.18. The minimum atomic E-state index is -0.128. The lowest BCUT2D eigenvalue weighted by Gasteiger charge is -2.24. The van der Waals surface area contributed by atoms with Gasteiger partial charge in [0.25, 0.3) is 0 Å². The molecule has 1 saturated carbocycles. The van der Waals surface area contributed by atoms with E-state index in [2.05, 4.69) is 47.7 Å². The van der Waals surface area contributed by atoms with Crippen LogP contribution in [0.2, 0.25) is 0 Å². The van der Waals surface area contributed by atoms with E-state index in [9.17, 15) is 4.79 Å². The fraction of sp³-hybridized carbons (Fsp3) is 0.290. The van der Waals surface area contributed by atoms with Gasteiger partial charge in [0.1, 0.15) is 11.5 Å². The number of amides is 1. The number of aromatic nitrogens is 5. The predicted octanol–water partition coefficient (Wildman–Crippen LogP) is 5.81. The van der Waals surface area contributed by atoms with Crippen LogP contribution in [0.3, 0.4) is 0 Å². The first-order chi connectivity index (χ1) is 19.5. The largest absolute Gasteiger partial charge is 0.367 e. The Kier molecular flexibility index (Phi) is 8.57. The van der Waals surface area contributed by atoms with Crippen molar-refractivity contribution in [2.24, 2.45) is 5.92 Å². The zero-order valence-corrected chi connectivity index (χ0v) is 22.7. The first-order valence-corrected chi connectivity index (χ1v) is 13.6. The third-order valence-electron chi connectivity index (χ3n) is 6.58. The predicted molar refractivity (Wildman–Crippen MR) is 157 cm³/mol. The van der Waals surface area contributed by atoms with Crippen LogP contribution in [0.15, 0.2) is 67.3 Å². The van der Waals surface area contributed by atoms with E-state index in [4.69, 9.17) is 4.98 Å². The summed E-state index contributed by atoms with van der Waals surface area (Å²) in [5.41, 5.74) is 3.93. The molecule has 9 nitrogen and oxygen atoms in total. The standard InChI is InChI=1S/C31H32N8O/c1-21(2)30(40)38-28-20-33-25(18-34-28)16-13-22-11-14-24(15-12-22)37-31-35-19-26(27-10-6-7-17-32-27)29(39-31)36-23-8-4-3-5-9-23/h6-7,10-12,14-15,17-21,23H,3-5,8-9H2,1-2H3,(H,34,38,40)(H2,35,36,37,39). The first-order valence-electron chi connectivity index (χ1n) is 13.6. The van der Waals surface area contributed by atoms with Crippen molar-refractivity contribution in [1.29, 1.82) is 0 Å². The molecule has 0 radical (unpaired) electrons. The van der Waals surface area contributed by atoms with E-state index in [1.807, 2.05) is 62.5 Å². The van der Waals surface area contributed by atoms with Gasteiger partial charge in [-0.3, -0.25) is 9.78 Å². The fourth-order valence-electron chi connectivity index (χ4n) is 4.33. The minimum absolute atomic E-state index is 0.104. The van der Waals surface area contributed by atoms with Crippen molar-refractivity contribution in [3.8, 4) is 23.1 Å². The number of hydrogen-bond donors (Lipinski definition) is 3. The normalized spacial score (nSPS) is 13.3. The Morgan fingerprint density at radius 1 is 0.900 bits per heavy atom. The maximum Gasteiger partial charge on any atom is 0.229 e. The molecule has 40 heavy (non-hydrogen) atoms. The van der Waals surface area contributed by atoms with Gasteiger partial charge in [-0.25, -0.2) is 15.0 Å². The summed E-state index contributed by atoms with van der Waals surface area (Å²) in [6.45, 7) is 3.64. The summed E-state index contributed by atoms with van der Waals surface area (Å²) >= 11 is 0. The molecule has 3 aromatic heterocycles. The van der Waals surface area contributed by atoms with Crippen LogP contribution in [0.5, 0.6) is 0 Å². The van der Waals surface area contributed by atoms with E-state index in [0.29, 0.717) is 23.5 Å². The van der Waals surface area contributed by atoms with Crippen molar-refractivity contribution >= 4 is 29.2 Å². The van der Waals surface area contributed by atoms with E-state index in [1.54, 1.807) is 12.4 Å². The highest BCUT2D eigenvalue weighted by molar-refractivity contribution is 5.90. The quantitative estimate of drug-likeness (QED) is 0.255. The van der Waals surface area contributed by atoms with Crippen LogP contribution in [0.25, 0.3) is 11.3 Å². The molecule has 0 unspecified atom stereocenters. The Morgan fingerprint density at radius 2 is 1.73 bits per heavy atom. The second-order valence-electron chi connectivity index (χ2n) is 10.0. The van der Waals surface area contributed by atoms with E-state index >= 15 is 0 Å². The van der Waals surface area contributed by atoms with E-state index in [1.165, 1.54) is 25.5 Å². The molecule has 202 valence electrons. The molecule has 1 aromatic carbocycles. The van der Waals surface area contributed by atoms with Gasteiger partial charge in [-0.1, -0.05) is 45.1 Å². The molecule has 0 saturated heterocycles. The van der Waals surface area contributed by atoms with Gasteiger partial charge in [-0.05, 0) is 55.2 Å². The van der Waals surface area contributed by atoms with Crippen LogP contribution in [-0.2, 0) is 4.79 Å². The van der Waals surface area contributed by atoms with Gasteiger partial charge in [0.05, 0.1) is 23.7 Å². The second-order valence-corrected chi connectivity index (χ2v) is 10.0. The number of benzene rings is 1. The number of carbonyl (C=O) groups excluding carboxylic acids is 1. The Bertz CT molecular complexity index is 1490. The molecule has 4 aromatic rings. The average molecular weight is 533 g/mol. The topological polar surface area (TPSA) is 118 Å². The van der Waals surface area contributed by atoms with Crippen molar-refractivity contribution in [1.82, 2.24) is 24.9 Å². The summed E-state index contributed by atoms with van der Waals surface area (Å²) in [4.78, 5) is 34.2. The number of rotatable bonds is 7. The number of nitrogens with one attached hydrogen (secondary N) is 3. The summed E-state index contributed by atoms with van der Waals surface area (Å²) in [6, 6.07) is 14.0. The van der Waals surface area contributed by atoms with Gasteiger partial charge in [0.2, 0.25) is 11.9 Å². The molecule has 9 heteroatoms. The monoisotopic (exact) mass is 532 g/mol. The third-order valence-corrected chi connectivity index (χ3v) is 6.58. The SMILES string of the molecule is CC(C)C(=O)Nc1cnc(C#Cc2ccc(Nc3ncc(-c4ccccn4)c(NC4CCCCC4)n3)cc2)cn1. The zero-order chi connectivity index (χ0) is 27.7. The first kappa shape index (κ1) is 26.8. The second kappa shape index (κ2) is 12.8. The smallest absolute Gasteiger partial charge is 0.229 e. The summed E-state index contributed by atoms with van der Waals surface area (Å²) in [5.74, 6) is 7.58. The highest BCUT2D eigenvalue weighted by atomic mass is 16.1. The summed E-state index contributed by atoms with van der Waals surface area (Å²) in [7, 11) is 0. The lowest BCUT2D eigenvalue weighted by atomic mass is 9.95.